The van der Waals surface area contributed by atoms with Crippen molar-refractivity contribution in [3.63, 3.8) is 0 Å². The van der Waals surface area contributed by atoms with Gasteiger partial charge in [0, 0.05) is 24.7 Å². The SMILES string of the molecule is COc1ccc(CN(CCO)Cc2ncc(C)o2)c(OC)c1. The van der Waals surface area contributed by atoms with Crippen LogP contribution >= 0.6 is 0 Å². The lowest BCUT2D eigenvalue weighted by Gasteiger charge is -2.21. The lowest BCUT2D eigenvalue weighted by Crippen LogP contribution is -2.26. The van der Waals surface area contributed by atoms with Crippen LogP contribution < -0.4 is 9.47 Å². The number of oxazole rings is 1. The van der Waals surface area contributed by atoms with Gasteiger partial charge in [0.2, 0.25) is 5.89 Å². The molecule has 22 heavy (non-hydrogen) atoms. The minimum Gasteiger partial charge on any atom is -0.497 e. The predicted octanol–water partition coefficient (Wildman–Crippen LogP) is 1.99. The molecule has 1 heterocycles. The molecule has 0 atom stereocenters. The lowest BCUT2D eigenvalue weighted by atomic mass is 10.1. The number of methoxy groups -OCH3 is 2. The average Bonchev–Trinajstić information content (AvgIpc) is 2.93. The summed E-state index contributed by atoms with van der Waals surface area (Å²) < 4.78 is 16.1. The maximum absolute atomic E-state index is 9.26. The fourth-order valence-electron chi connectivity index (χ4n) is 2.24. The van der Waals surface area contributed by atoms with E-state index in [1.807, 2.05) is 25.1 Å². The number of aliphatic hydroxyl groups is 1. The molecule has 0 aliphatic rings. The first-order chi connectivity index (χ1) is 10.7. The van der Waals surface area contributed by atoms with Crippen LogP contribution in [0.3, 0.4) is 0 Å². The zero-order valence-corrected chi connectivity index (χ0v) is 13.2. The molecule has 0 spiro atoms. The third-order valence-electron chi connectivity index (χ3n) is 3.33. The summed E-state index contributed by atoms with van der Waals surface area (Å²) in [6, 6.07) is 5.70. The van der Waals surface area contributed by atoms with E-state index in [4.69, 9.17) is 13.9 Å². The molecule has 0 bridgehead atoms. The monoisotopic (exact) mass is 306 g/mol. The minimum atomic E-state index is 0.0676. The Labute approximate surface area is 130 Å². The zero-order chi connectivity index (χ0) is 15.9. The second-order valence-corrected chi connectivity index (χ2v) is 4.98. The molecule has 1 aromatic carbocycles. The highest BCUT2D eigenvalue weighted by molar-refractivity contribution is 5.40. The van der Waals surface area contributed by atoms with E-state index in [0.717, 1.165) is 22.8 Å². The van der Waals surface area contributed by atoms with Gasteiger partial charge in [0.1, 0.15) is 17.3 Å². The quantitative estimate of drug-likeness (QED) is 0.804. The Morgan fingerprint density at radius 3 is 2.64 bits per heavy atom. The molecule has 0 amide bonds. The number of aryl methyl sites for hydroxylation is 1. The highest BCUT2D eigenvalue weighted by atomic mass is 16.5. The molecule has 0 aliphatic carbocycles. The van der Waals surface area contributed by atoms with Crippen LogP contribution in [0, 0.1) is 6.92 Å². The second-order valence-electron chi connectivity index (χ2n) is 4.98. The third kappa shape index (κ3) is 4.22. The van der Waals surface area contributed by atoms with E-state index in [-0.39, 0.29) is 6.61 Å². The number of hydrogen-bond donors (Lipinski definition) is 1. The highest BCUT2D eigenvalue weighted by Crippen LogP contribution is 2.26. The molecular weight excluding hydrogens is 284 g/mol. The molecule has 6 nitrogen and oxygen atoms in total. The summed E-state index contributed by atoms with van der Waals surface area (Å²) in [5.74, 6) is 2.92. The first kappa shape index (κ1) is 16.3. The topological polar surface area (TPSA) is 68.0 Å². The van der Waals surface area contributed by atoms with Gasteiger partial charge in [-0.15, -0.1) is 0 Å². The summed E-state index contributed by atoms with van der Waals surface area (Å²) in [6.07, 6.45) is 1.69. The maximum Gasteiger partial charge on any atom is 0.208 e. The Kier molecular flexibility index (Phi) is 5.80. The molecule has 1 N–H and O–H groups in total. The lowest BCUT2D eigenvalue weighted by molar-refractivity contribution is 0.170. The predicted molar refractivity (Wildman–Crippen MR) is 82.0 cm³/mol. The van der Waals surface area contributed by atoms with Crippen LogP contribution in [0.5, 0.6) is 11.5 Å². The van der Waals surface area contributed by atoms with Crippen LogP contribution in [0.2, 0.25) is 0 Å². The van der Waals surface area contributed by atoms with Gasteiger partial charge in [0.25, 0.3) is 0 Å². The van der Waals surface area contributed by atoms with Gasteiger partial charge in [-0.25, -0.2) is 4.98 Å². The fourth-order valence-corrected chi connectivity index (χ4v) is 2.24. The van der Waals surface area contributed by atoms with E-state index in [1.54, 1.807) is 20.4 Å². The van der Waals surface area contributed by atoms with Gasteiger partial charge in [-0.2, -0.15) is 0 Å². The van der Waals surface area contributed by atoms with Gasteiger partial charge in [-0.1, -0.05) is 6.07 Å². The maximum atomic E-state index is 9.26. The number of benzene rings is 1. The van der Waals surface area contributed by atoms with Crippen LogP contribution in [0.25, 0.3) is 0 Å². The van der Waals surface area contributed by atoms with Crippen molar-refractivity contribution >= 4 is 0 Å². The third-order valence-corrected chi connectivity index (χ3v) is 3.33. The summed E-state index contributed by atoms with van der Waals surface area (Å²) in [4.78, 5) is 6.26. The van der Waals surface area contributed by atoms with E-state index in [1.165, 1.54) is 0 Å². The number of hydrogen-bond acceptors (Lipinski definition) is 6. The minimum absolute atomic E-state index is 0.0676. The summed E-state index contributed by atoms with van der Waals surface area (Å²) >= 11 is 0. The zero-order valence-electron chi connectivity index (χ0n) is 13.2. The summed E-state index contributed by atoms with van der Waals surface area (Å²) in [7, 11) is 3.25. The highest BCUT2D eigenvalue weighted by Gasteiger charge is 2.13. The Bertz CT molecular complexity index is 598. The molecule has 0 fully saturated rings. The molecule has 0 aliphatic heterocycles. The first-order valence-corrected chi connectivity index (χ1v) is 7.11. The molecule has 6 heteroatoms. The van der Waals surface area contributed by atoms with Crippen molar-refractivity contribution in [1.29, 1.82) is 0 Å². The van der Waals surface area contributed by atoms with Crippen molar-refractivity contribution in [2.24, 2.45) is 0 Å². The van der Waals surface area contributed by atoms with Crippen molar-refractivity contribution in [3.8, 4) is 11.5 Å². The fraction of sp³-hybridized carbons (Fsp3) is 0.438. The van der Waals surface area contributed by atoms with Gasteiger partial charge < -0.3 is 19.0 Å². The van der Waals surface area contributed by atoms with Crippen LogP contribution in [0.15, 0.2) is 28.8 Å². The summed E-state index contributed by atoms with van der Waals surface area (Å²) in [6.45, 7) is 3.60. The molecule has 0 saturated carbocycles. The first-order valence-electron chi connectivity index (χ1n) is 7.11. The number of aromatic nitrogens is 1. The number of ether oxygens (including phenoxy) is 2. The number of rotatable bonds is 8. The van der Waals surface area contributed by atoms with E-state index < -0.39 is 0 Å². The van der Waals surface area contributed by atoms with E-state index in [9.17, 15) is 5.11 Å². The standard InChI is InChI=1S/C16H22N2O4/c1-12-9-17-16(22-12)11-18(6-7-19)10-13-4-5-14(20-2)8-15(13)21-3/h4-5,8-9,19H,6-7,10-11H2,1-3H3. The Balaban J connectivity index is 2.13. The Hall–Kier alpha value is -2.05. The van der Waals surface area contributed by atoms with Gasteiger partial charge in [0.15, 0.2) is 0 Å². The molecule has 1 aromatic heterocycles. The molecule has 120 valence electrons. The van der Waals surface area contributed by atoms with Gasteiger partial charge in [-0.3, -0.25) is 4.90 Å². The van der Waals surface area contributed by atoms with Crippen LogP contribution in [-0.2, 0) is 13.1 Å². The molecule has 0 saturated heterocycles. The van der Waals surface area contributed by atoms with Crippen molar-refractivity contribution < 1.29 is 19.0 Å². The number of aliphatic hydroxyl groups excluding tert-OH is 1. The van der Waals surface area contributed by atoms with E-state index >= 15 is 0 Å². The van der Waals surface area contributed by atoms with Crippen molar-refractivity contribution in [1.82, 2.24) is 9.88 Å². The number of nitrogens with zero attached hydrogens (tertiary/aromatic N) is 2. The smallest absolute Gasteiger partial charge is 0.208 e. The average molecular weight is 306 g/mol. The Morgan fingerprint density at radius 1 is 1.23 bits per heavy atom. The van der Waals surface area contributed by atoms with Gasteiger partial charge in [-0.05, 0) is 13.0 Å². The van der Waals surface area contributed by atoms with Gasteiger partial charge in [0.05, 0.1) is 33.6 Å². The Morgan fingerprint density at radius 2 is 2.05 bits per heavy atom. The van der Waals surface area contributed by atoms with Crippen molar-refractivity contribution in [3.05, 3.63) is 41.6 Å². The van der Waals surface area contributed by atoms with Crippen molar-refractivity contribution in [2.75, 3.05) is 27.4 Å². The summed E-state index contributed by atoms with van der Waals surface area (Å²) in [5.41, 5.74) is 1.01. The van der Waals surface area contributed by atoms with Crippen LogP contribution in [0.1, 0.15) is 17.2 Å². The molecule has 2 aromatic rings. The molecule has 0 radical (unpaired) electrons. The molecule has 2 rings (SSSR count). The second kappa shape index (κ2) is 7.82. The molecule has 0 unspecified atom stereocenters. The van der Waals surface area contributed by atoms with Crippen LogP contribution in [0.4, 0.5) is 0 Å². The molecular formula is C16H22N2O4. The van der Waals surface area contributed by atoms with E-state index in [2.05, 4.69) is 9.88 Å². The van der Waals surface area contributed by atoms with Crippen LogP contribution in [-0.4, -0.2) is 42.4 Å². The normalized spacial score (nSPS) is 11.0. The van der Waals surface area contributed by atoms with Crippen molar-refractivity contribution in [2.45, 2.75) is 20.0 Å². The van der Waals surface area contributed by atoms with Gasteiger partial charge >= 0.3 is 0 Å². The largest absolute Gasteiger partial charge is 0.497 e. The summed E-state index contributed by atoms with van der Waals surface area (Å²) in [5, 5.41) is 9.26. The van der Waals surface area contributed by atoms with E-state index in [0.29, 0.717) is 25.5 Å².